The van der Waals surface area contributed by atoms with Gasteiger partial charge in [-0.1, -0.05) is 12.1 Å². The van der Waals surface area contributed by atoms with Crippen molar-refractivity contribution in [2.24, 2.45) is 0 Å². The van der Waals surface area contributed by atoms with Gasteiger partial charge < -0.3 is 4.74 Å². The van der Waals surface area contributed by atoms with Crippen LogP contribution in [0.25, 0.3) is 5.57 Å². The first-order valence-corrected chi connectivity index (χ1v) is 4.78. The summed E-state index contributed by atoms with van der Waals surface area (Å²) < 4.78 is 41.3. The smallest absolute Gasteiger partial charge is 0.416 e. The molecule has 0 radical (unpaired) electrons. The number of carbonyl (C=O) groups is 1. The van der Waals surface area contributed by atoms with Crippen molar-refractivity contribution in [1.29, 1.82) is 0 Å². The SMILES string of the molecule is COC(=O)/C=C(/C)c1ccc(C(F)(F)F)cc1. The van der Waals surface area contributed by atoms with Gasteiger partial charge in [-0.05, 0) is 30.2 Å². The third kappa shape index (κ3) is 3.62. The third-order valence-corrected chi connectivity index (χ3v) is 2.20. The number of alkyl halides is 3. The Balaban J connectivity index is 2.96. The average molecular weight is 244 g/mol. The Kier molecular flexibility index (Phi) is 3.93. The van der Waals surface area contributed by atoms with Crippen molar-refractivity contribution in [2.45, 2.75) is 13.1 Å². The third-order valence-electron chi connectivity index (χ3n) is 2.20. The van der Waals surface area contributed by atoms with Gasteiger partial charge in [0.1, 0.15) is 0 Å². The van der Waals surface area contributed by atoms with Crippen molar-refractivity contribution in [3.05, 3.63) is 41.5 Å². The Labute approximate surface area is 96.7 Å². The molecule has 0 spiro atoms. The van der Waals surface area contributed by atoms with E-state index in [0.717, 1.165) is 12.1 Å². The van der Waals surface area contributed by atoms with Crippen molar-refractivity contribution in [3.63, 3.8) is 0 Å². The van der Waals surface area contributed by atoms with Gasteiger partial charge in [-0.2, -0.15) is 13.2 Å². The summed E-state index contributed by atoms with van der Waals surface area (Å²) in [6.07, 6.45) is -3.12. The standard InChI is InChI=1S/C12H11F3O2/c1-8(7-11(16)17-2)9-3-5-10(6-4-9)12(13,14)15/h3-7H,1-2H3/b8-7-. The van der Waals surface area contributed by atoms with E-state index in [9.17, 15) is 18.0 Å². The molecule has 0 aliphatic carbocycles. The monoisotopic (exact) mass is 244 g/mol. The fourth-order valence-electron chi connectivity index (χ4n) is 1.24. The van der Waals surface area contributed by atoms with Crippen molar-refractivity contribution in [3.8, 4) is 0 Å². The van der Waals surface area contributed by atoms with Crippen molar-refractivity contribution < 1.29 is 22.7 Å². The minimum atomic E-state index is -4.35. The van der Waals surface area contributed by atoms with Gasteiger partial charge in [-0.3, -0.25) is 0 Å². The number of benzene rings is 1. The van der Waals surface area contributed by atoms with Crippen molar-refractivity contribution >= 4 is 11.5 Å². The minimum absolute atomic E-state index is 0.539. The second kappa shape index (κ2) is 5.03. The number of halogens is 3. The molecule has 1 rings (SSSR count). The molecule has 1 aromatic carbocycles. The molecule has 1 aromatic rings. The molecule has 0 aliphatic heterocycles. The van der Waals surface area contributed by atoms with Crippen LogP contribution in [0.4, 0.5) is 13.2 Å². The lowest BCUT2D eigenvalue weighted by Gasteiger charge is -2.07. The van der Waals surface area contributed by atoms with E-state index in [1.54, 1.807) is 6.92 Å². The van der Waals surface area contributed by atoms with E-state index in [-0.39, 0.29) is 0 Å². The Morgan fingerprint density at radius 3 is 2.18 bits per heavy atom. The number of hydrogen-bond acceptors (Lipinski definition) is 2. The van der Waals surface area contributed by atoms with Crippen LogP contribution < -0.4 is 0 Å². The maximum Gasteiger partial charge on any atom is 0.416 e. The van der Waals surface area contributed by atoms with E-state index in [0.29, 0.717) is 11.1 Å². The van der Waals surface area contributed by atoms with Crippen LogP contribution in [0.15, 0.2) is 30.3 Å². The first-order chi connectivity index (χ1) is 7.84. The lowest BCUT2D eigenvalue weighted by molar-refractivity contribution is -0.137. The highest BCUT2D eigenvalue weighted by Gasteiger charge is 2.29. The van der Waals surface area contributed by atoms with E-state index in [4.69, 9.17) is 0 Å². The summed E-state index contributed by atoms with van der Waals surface area (Å²) in [6, 6.07) is 4.59. The van der Waals surface area contributed by atoms with Crippen LogP contribution in [0.2, 0.25) is 0 Å². The highest BCUT2D eigenvalue weighted by molar-refractivity contribution is 5.90. The molecule has 0 bridgehead atoms. The summed E-state index contributed by atoms with van der Waals surface area (Å²) >= 11 is 0. The Hall–Kier alpha value is -1.78. The van der Waals surface area contributed by atoms with Gasteiger partial charge in [0.25, 0.3) is 0 Å². The zero-order valence-electron chi connectivity index (χ0n) is 9.34. The van der Waals surface area contributed by atoms with Gasteiger partial charge in [0.15, 0.2) is 0 Å². The molecule has 0 amide bonds. The van der Waals surface area contributed by atoms with Gasteiger partial charge in [0.2, 0.25) is 0 Å². The molecule has 0 atom stereocenters. The number of methoxy groups -OCH3 is 1. The van der Waals surface area contributed by atoms with Gasteiger partial charge in [0, 0.05) is 6.08 Å². The van der Waals surface area contributed by atoms with E-state index < -0.39 is 17.7 Å². The number of esters is 1. The molecular formula is C12H11F3O2. The normalized spacial score (nSPS) is 12.4. The van der Waals surface area contributed by atoms with Gasteiger partial charge in [-0.25, -0.2) is 4.79 Å². The average Bonchev–Trinajstić information content (AvgIpc) is 2.27. The van der Waals surface area contributed by atoms with Crippen LogP contribution >= 0.6 is 0 Å². The fraction of sp³-hybridized carbons (Fsp3) is 0.250. The summed E-state index contributed by atoms with van der Waals surface area (Å²) in [6.45, 7) is 1.62. The zero-order chi connectivity index (χ0) is 13.1. The van der Waals surface area contributed by atoms with Crippen molar-refractivity contribution in [1.82, 2.24) is 0 Å². The van der Waals surface area contributed by atoms with Crippen molar-refractivity contribution in [2.75, 3.05) is 7.11 Å². The van der Waals surface area contributed by atoms with E-state index in [1.807, 2.05) is 0 Å². The Bertz CT molecular complexity index is 430. The quantitative estimate of drug-likeness (QED) is 0.589. The number of allylic oxidation sites excluding steroid dienone is 1. The molecule has 92 valence electrons. The fourth-order valence-corrected chi connectivity index (χ4v) is 1.24. The predicted molar refractivity (Wildman–Crippen MR) is 57.1 cm³/mol. The second-order valence-electron chi connectivity index (χ2n) is 3.43. The summed E-state index contributed by atoms with van der Waals surface area (Å²) in [7, 11) is 1.23. The molecule has 0 saturated carbocycles. The maximum atomic E-state index is 12.3. The van der Waals surface area contributed by atoms with Crippen LogP contribution in [-0.2, 0) is 15.7 Å². The number of rotatable bonds is 2. The first-order valence-electron chi connectivity index (χ1n) is 4.78. The van der Waals surface area contributed by atoms with Gasteiger partial charge >= 0.3 is 12.1 Å². The number of hydrogen-bond donors (Lipinski definition) is 0. The van der Waals surface area contributed by atoms with Crippen LogP contribution in [0.5, 0.6) is 0 Å². The predicted octanol–water partition coefficient (Wildman–Crippen LogP) is 3.28. The Morgan fingerprint density at radius 1 is 1.24 bits per heavy atom. The summed E-state index contributed by atoms with van der Waals surface area (Å²) in [5, 5.41) is 0. The summed E-state index contributed by atoms with van der Waals surface area (Å²) in [4.78, 5) is 10.9. The van der Waals surface area contributed by atoms with E-state index >= 15 is 0 Å². The highest BCUT2D eigenvalue weighted by atomic mass is 19.4. The molecule has 0 unspecified atom stereocenters. The lowest BCUT2D eigenvalue weighted by Crippen LogP contribution is -2.04. The van der Waals surface area contributed by atoms with E-state index in [2.05, 4.69) is 4.74 Å². The molecule has 0 saturated heterocycles. The van der Waals surface area contributed by atoms with Crippen LogP contribution in [-0.4, -0.2) is 13.1 Å². The molecule has 0 aliphatic rings. The molecule has 0 heterocycles. The number of carbonyl (C=O) groups excluding carboxylic acids is 1. The van der Waals surface area contributed by atoms with Crippen LogP contribution in [0, 0.1) is 0 Å². The summed E-state index contributed by atoms with van der Waals surface area (Å²) in [5.74, 6) is -0.539. The van der Waals surface area contributed by atoms with Gasteiger partial charge in [0.05, 0.1) is 12.7 Å². The molecule has 2 nitrogen and oxygen atoms in total. The molecule has 0 aromatic heterocycles. The van der Waals surface area contributed by atoms with E-state index in [1.165, 1.54) is 25.3 Å². The Morgan fingerprint density at radius 2 is 1.76 bits per heavy atom. The molecule has 0 N–H and O–H groups in total. The molecular weight excluding hydrogens is 233 g/mol. The molecule has 0 fully saturated rings. The minimum Gasteiger partial charge on any atom is -0.466 e. The summed E-state index contributed by atoms with van der Waals surface area (Å²) in [5.41, 5.74) is 0.376. The van der Waals surface area contributed by atoms with Gasteiger partial charge in [-0.15, -0.1) is 0 Å². The largest absolute Gasteiger partial charge is 0.466 e. The topological polar surface area (TPSA) is 26.3 Å². The first kappa shape index (κ1) is 13.3. The van der Waals surface area contributed by atoms with Crippen LogP contribution in [0.1, 0.15) is 18.1 Å². The lowest BCUT2D eigenvalue weighted by atomic mass is 10.0. The molecule has 5 heteroatoms. The molecule has 17 heavy (non-hydrogen) atoms. The number of ether oxygens (including phenoxy) is 1. The zero-order valence-corrected chi connectivity index (χ0v) is 9.34. The maximum absolute atomic E-state index is 12.3. The second-order valence-corrected chi connectivity index (χ2v) is 3.43. The van der Waals surface area contributed by atoms with Crippen LogP contribution in [0.3, 0.4) is 0 Å². The highest BCUT2D eigenvalue weighted by Crippen LogP contribution is 2.29.